The van der Waals surface area contributed by atoms with Gasteiger partial charge in [0.2, 0.25) is 0 Å². The Balaban J connectivity index is 3.05. The minimum absolute atomic E-state index is 0.0131. The summed E-state index contributed by atoms with van der Waals surface area (Å²) in [6, 6.07) is 5.71. The first-order chi connectivity index (χ1) is 12.5. The van der Waals surface area contributed by atoms with Gasteiger partial charge in [-0.05, 0) is 60.0 Å². The molecular weight excluding hydrogens is 384 g/mol. The fraction of sp³-hybridized carbons (Fsp3) is 0.591. The van der Waals surface area contributed by atoms with Crippen molar-refractivity contribution < 1.29 is 18.4 Å². The molecule has 0 aromatic heterocycles. The summed E-state index contributed by atoms with van der Waals surface area (Å²) in [5.41, 5.74) is 0.877. The van der Waals surface area contributed by atoms with Crippen LogP contribution in [-0.2, 0) is 9.22 Å². The Morgan fingerprint density at radius 3 is 1.89 bits per heavy atom. The molecule has 0 aliphatic heterocycles. The molecule has 0 heterocycles. The Bertz CT molecular complexity index is 723. The summed E-state index contributed by atoms with van der Waals surface area (Å²) in [6.07, 6.45) is 3.27. The van der Waals surface area contributed by atoms with Crippen molar-refractivity contribution in [3.63, 3.8) is 0 Å². The Labute approximate surface area is 173 Å². The van der Waals surface area contributed by atoms with Crippen LogP contribution in [0.3, 0.4) is 0 Å². The normalized spacial score (nSPS) is 13.5. The molecule has 28 heavy (non-hydrogen) atoms. The average molecular weight is 423 g/mol. The lowest BCUT2D eigenvalue weighted by atomic mass is 10.2. The number of benzene rings is 1. The van der Waals surface area contributed by atoms with Crippen molar-refractivity contribution >= 4 is 28.7 Å². The Morgan fingerprint density at radius 2 is 1.43 bits per heavy atom. The van der Waals surface area contributed by atoms with E-state index >= 15 is 0 Å². The van der Waals surface area contributed by atoms with Crippen molar-refractivity contribution in [1.29, 1.82) is 0 Å². The lowest BCUT2D eigenvalue weighted by molar-refractivity contribution is -0.129. The van der Waals surface area contributed by atoms with Gasteiger partial charge < -0.3 is 13.6 Å². The van der Waals surface area contributed by atoms with E-state index in [1.54, 1.807) is 13.2 Å². The van der Waals surface area contributed by atoms with Gasteiger partial charge in [-0.1, -0.05) is 47.6 Å². The van der Waals surface area contributed by atoms with Crippen LogP contribution in [0.25, 0.3) is 6.08 Å². The van der Waals surface area contributed by atoms with Gasteiger partial charge in [-0.15, -0.1) is 0 Å². The SMILES string of the molecule is COc1ccc(/C=C/C(=O)O[Si](C)(C)C(C)(C)C)cc1O[Si](C)(C)C(C)(C)C. The smallest absolute Gasteiger partial charge is 0.317 e. The fourth-order valence-electron chi connectivity index (χ4n) is 1.91. The van der Waals surface area contributed by atoms with Crippen LogP contribution < -0.4 is 9.16 Å². The van der Waals surface area contributed by atoms with E-state index in [1.165, 1.54) is 6.08 Å². The zero-order valence-corrected chi connectivity index (χ0v) is 21.5. The molecule has 158 valence electrons. The second-order valence-electron chi connectivity index (χ2n) is 10.3. The molecule has 0 saturated carbocycles. The summed E-state index contributed by atoms with van der Waals surface area (Å²) in [4.78, 5) is 12.3. The van der Waals surface area contributed by atoms with E-state index in [9.17, 15) is 4.79 Å². The van der Waals surface area contributed by atoms with Gasteiger partial charge in [0.05, 0.1) is 7.11 Å². The standard InChI is InChI=1S/C22H38O4Si2/c1-21(2,3)27(8,9)25-19-16-17(12-14-18(19)24-7)13-15-20(23)26-28(10,11)22(4,5)6/h12-16H,1-11H3/b15-13+. The second kappa shape index (κ2) is 8.45. The summed E-state index contributed by atoms with van der Waals surface area (Å²) in [7, 11) is -2.49. The number of ether oxygens (including phenoxy) is 1. The molecule has 0 saturated heterocycles. The minimum atomic E-state index is -2.12. The van der Waals surface area contributed by atoms with Gasteiger partial charge >= 0.3 is 5.97 Å². The molecule has 6 heteroatoms. The van der Waals surface area contributed by atoms with Crippen LogP contribution in [0.5, 0.6) is 11.5 Å². The van der Waals surface area contributed by atoms with Crippen LogP contribution in [0.1, 0.15) is 47.1 Å². The van der Waals surface area contributed by atoms with E-state index in [2.05, 4.69) is 67.7 Å². The Hall–Kier alpha value is -1.54. The van der Waals surface area contributed by atoms with Crippen LogP contribution in [-0.4, -0.2) is 29.7 Å². The van der Waals surface area contributed by atoms with Crippen LogP contribution in [0.4, 0.5) is 0 Å². The molecule has 0 spiro atoms. The monoisotopic (exact) mass is 422 g/mol. The van der Waals surface area contributed by atoms with E-state index in [4.69, 9.17) is 13.6 Å². The summed E-state index contributed by atoms with van der Waals surface area (Å²) in [6.45, 7) is 21.5. The third-order valence-corrected chi connectivity index (χ3v) is 14.6. The van der Waals surface area contributed by atoms with Crippen LogP contribution in [0.15, 0.2) is 24.3 Å². The molecule has 0 N–H and O–H groups in total. The molecular formula is C22H38O4Si2. The molecule has 0 aliphatic carbocycles. The number of hydrogen-bond acceptors (Lipinski definition) is 4. The highest BCUT2D eigenvalue weighted by Crippen LogP contribution is 2.40. The average Bonchev–Trinajstić information content (AvgIpc) is 2.50. The quantitative estimate of drug-likeness (QED) is 0.381. The zero-order chi connectivity index (χ0) is 22.0. The van der Waals surface area contributed by atoms with Crippen molar-refractivity contribution in [2.45, 2.75) is 77.8 Å². The number of hydrogen-bond donors (Lipinski definition) is 0. The lowest BCUT2D eigenvalue weighted by Crippen LogP contribution is -2.43. The molecule has 1 aromatic rings. The van der Waals surface area contributed by atoms with Crippen molar-refractivity contribution in [2.75, 3.05) is 7.11 Å². The molecule has 0 radical (unpaired) electrons. The Morgan fingerprint density at radius 1 is 0.893 bits per heavy atom. The molecule has 0 atom stereocenters. The number of methoxy groups -OCH3 is 1. The van der Waals surface area contributed by atoms with Crippen molar-refractivity contribution in [3.8, 4) is 11.5 Å². The van der Waals surface area contributed by atoms with E-state index in [1.807, 2.05) is 18.2 Å². The second-order valence-corrected chi connectivity index (χ2v) is 19.7. The van der Waals surface area contributed by atoms with E-state index < -0.39 is 16.6 Å². The van der Waals surface area contributed by atoms with Crippen molar-refractivity contribution in [1.82, 2.24) is 0 Å². The summed E-state index contributed by atoms with van der Waals surface area (Å²) >= 11 is 0. The van der Waals surface area contributed by atoms with Gasteiger partial charge in [-0.2, -0.15) is 0 Å². The first-order valence-electron chi connectivity index (χ1n) is 9.78. The topological polar surface area (TPSA) is 44.8 Å². The van der Waals surface area contributed by atoms with E-state index in [0.717, 1.165) is 5.56 Å². The van der Waals surface area contributed by atoms with Crippen molar-refractivity contribution in [2.24, 2.45) is 0 Å². The maximum absolute atomic E-state index is 12.3. The third kappa shape index (κ3) is 6.24. The first-order valence-corrected chi connectivity index (χ1v) is 15.6. The molecule has 4 nitrogen and oxygen atoms in total. The zero-order valence-electron chi connectivity index (χ0n) is 19.5. The molecule has 0 bridgehead atoms. The Kier molecular flexibility index (Phi) is 7.40. The van der Waals surface area contributed by atoms with Gasteiger partial charge in [0.1, 0.15) is 5.75 Å². The lowest BCUT2D eigenvalue weighted by Gasteiger charge is -2.36. The number of carbonyl (C=O) groups excluding carboxylic acids is 1. The first kappa shape index (κ1) is 24.5. The van der Waals surface area contributed by atoms with Gasteiger partial charge in [-0.25, -0.2) is 4.79 Å². The van der Waals surface area contributed by atoms with Gasteiger partial charge in [0.15, 0.2) is 5.75 Å². The van der Waals surface area contributed by atoms with Crippen LogP contribution in [0, 0.1) is 0 Å². The highest BCUT2D eigenvalue weighted by atomic mass is 28.4. The van der Waals surface area contributed by atoms with E-state index in [0.29, 0.717) is 11.5 Å². The third-order valence-electron chi connectivity index (χ3n) is 5.93. The van der Waals surface area contributed by atoms with Crippen LogP contribution >= 0.6 is 0 Å². The van der Waals surface area contributed by atoms with Gasteiger partial charge in [0.25, 0.3) is 16.6 Å². The molecule has 0 unspecified atom stereocenters. The summed E-state index contributed by atoms with van der Waals surface area (Å²) < 4.78 is 17.7. The maximum atomic E-state index is 12.3. The minimum Gasteiger partial charge on any atom is -0.541 e. The van der Waals surface area contributed by atoms with Crippen molar-refractivity contribution in [3.05, 3.63) is 29.8 Å². The molecule has 0 amide bonds. The summed E-state index contributed by atoms with van der Waals surface area (Å²) in [5, 5.41) is 0.0671. The molecule has 1 aromatic carbocycles. The number of rotatable bonds is 6. The fourth-order valence-corrected chi connectivity index (χ4v) is 3.80. The van der Waals surface area contributed by atoms with Gasteiger partial charge in [0, 0.05) is 6.08 Å². The molecule has 1 rings (SSSR count). The molecule has 0 fully saturated rings. The molecule has 0 aliphatic rings. The van der Waals surface area contributed by atoms with Gasteiger partial charge in [-0.3, -0.25) is 0 Å². The highest BCUT2D eigenvalue weighted by Gasteiger charge is 2.40. The largest absolute Gasteiger partial charge is 0.541 e. The predicted octanol–water partition coefficient (Wildman–Crippen LogP) is 6.64. The van der Waals surface area contributed by atoms with Crippen LogP contribution in [0.2, 0.25) is 36.3 Å². The predicted molar refractivity (Wildman–Crippen MR) is 123 cm³/mol. The van der Waals surface area contributed by atoms with E-state index in [-0.39, 0.29) is 16.0 Å². The number of carbonyl (C=O) groups is 1. The summed E-state index contributed by atoms with van der Waals surface area (Å²) in [5.74, 6) is 1.12. The highest BCUT2D eigenvalue weighted by molar-refractivity contribution is 6.75. The maximum Gasteiger partial charge on any atom is 0.317 e.